The highest BCUT2D eigenvalue weighted by Gasteiger charge is 2.25. The van der Waals surface area contributed by atoms with Gasteiger partial charge in [0.15, 0.2) is 5.13 Å². The molecule has 128 valence electrons. The predicted octanol–water partition coefficient (Wildman–Crippen LogP) is 2.05. The van der Waals surface area contributed by atoms with Crippen molar-refractivity contribution in [2.75, 3.05) is 44.7 Å². The largest absolute Gasteiger partial charge is 0.345 e. The molecule has 5 nitrogen and oxygen atoms in total. The van der Waals surface area contributed by atoms with Gasteiger partial charge in [-0.3, -0.25) is 4.79 Å². The highest BCUT2D eigenvalue weighted by Crippen LogP contribution is 2.24. The lowest BCUT2D eigenvalue weighted by Crippen LogP contribution is -2.51. The lowest BCUT2D eigenvalue weighted by atomic mass is 10.1. The minimum absolute atomic E-state index is 0. The van der Waals surface area contributed by atoms with E-state index in [1.165, 1.54) is 4.88 Å². The van der Waals surface area contributed by atoms with Crippen LogP contribution in [0.15, 0.2) is 6.20 Å². The van der Waals surface area contributed by atoms with Crippen LogP contribution in [0, 0.1) is 5.92 Å². The molecule has 0 spiro atoms. The summed E-state index contributed by atoms with van der Waals surface area (Å²) in [5.41, 5.74) is 0. The summed E-state index contributed by atoms with van der Waals surface area (Å²) in [6.45, 7) is 8.24. The first-order valence-electron chi connectivity index (χ1n) is 7.28. The van der Waals surface area contributed by atoms with Gasteiger partial charge in [-0.25, -0.2) is 4.98 Å². The standard InChI is InChI=1S/C14H24N4OS.2ClH/c1-4-12-10-16-14(20-12)18-7-5-17(6-8-18)13(19)11(2)9-15-3;;/h10-11,15H,4-9H2,1-3H3;2*1H. The Morgan fingerprint density at radius 2 is 2.00 bits per heavy atom. The molecule has 2 heterocycles. The number of carbonyl (C=O) groups is 1. The minimum atomic E-state index is 0. The number of nitrogens with zero attached hydrogens (tertiary/aromatic N) is 3. The van der Waals surface area contributed by atoms with E-state index in [9.17, 15) is 4.79 Å². The summed E-state index contributed by atoms with van der Waals surface area (Å²) in [6, 6.07) is 0. The van der Waals surface area contributed by atoms with Crippen molar-refractivity contribution in [1.29, 1.82) is 0 Å². The number of anilines is 1. The number of nitrogens with one attached hydrogen (secondary N) is 1. The van der Waals surface area contributed by atoms with Crippen LogP contribution in [-0.2, 0) is 11.2 Å². The molecule has 1 aliphatic rings. The second kappa shape index (κ2) is 10.3. The summed E-state index contributed by atoms with van der Waals surface area (Å²) in [5, 5.41) is 4.16. The minimum Gasteiger partial charge on any atom is -0.345 e. The Morgan fingerprint density at radius 1 is 1.36 bits per heavy atom. The zero-order valence-corrected chi connectivity index (χ0v) is 15.8. The maximum absolute atomic E-state index is 12.2. The van der Waals surface area contributed by atoms with Gasteiger partial charge < -0.3 is 15.1 Å². The van der Waals surface area contributed by atoms with E-state index in [1.54, 1.807) is 11.3 Å². The molecule has 0 saturated carbocycles. The topological polar surface area (TPSA) is 48.5 Å². The summed E-state index contributed by atoms with van der Waals surface area (Å²) >= 11 is 1.76. The predicted molar refractivity (Wildman–Crippen MR) is 97.9 cm³/mol. The smallest absolute Gasteiger partial charge is 0.226 e. The number of aryl methyl sites for hydroxylation is 1. The number of thiazole rings is 1. The van der Waals surface area contributed by atoms with Gasteiger partial charge in [0.05, 0.1) is 0 Å². The maximum Gasteiger partial charge on any atom is 0.226 e. The average Bonchev–Trinajstić information content (AvgIpc) is 2.96. The van der Waals surface area contributed by atoms with Crippen LogP contribution in [0.4, 0.5) is 5.13 Å². The fourth-order valence-electron chi connectivity index (χ4n) is 2.43. The molecule has 1 atom stereocenters. The molecule has 0 aliphatic carbocycles. The fraction of sp³-hybridized carbons (Fsp3) is 0.714. The molecule has 1 aliphatic heterocycles. The van der Waals surface area contributed by atoms with Crippen LogP contribution >= 0.6 is 36.2 Å². The van der Waals surface area contributed by atoms with Crippen LogP contribution in [-0.4, -0.2) is 55.6 Å². The van der Waals surface area contributed by atoms with Gasteiger partial charge in [0.2, 0.25) is 5.91 Å². The van der Waals surface area contributed by atoms with Crippen molar-refractivity contribution in [3.63, 3.8) is 0 Å². The molecule has 1 saturated heterocycles. The lowest BCUT2D eigenvalue weighted by Gasteiger charge is -2.35. The number of piperazine rings is 1. The SMILES string of the molecule is CCc1cnc(N2CCN(C(=O)C(C)CNC)CC2)s1.Cl.Cl. The van der Waals surface area contributed by atoms with Gasteiger partial charge >= 0.3 is 0 Å². The van der Waals surface area contributed by atoms with E-state index >= 15 is 0 Å². The zero-order valence-electron chi connectivity index (χ0n) is 13.4. The molecule has 1 aromatic rings. The Kier molecular flexibility index (Phi) is 10.00. The summed E-state index contributed by atoms with van der Waals surface area (Å²) in [6.07, 6.45) is 3.00. The highest BCUT2D eigenvalue weighted by atomic mass is 35.5. The molecule has 1 aromatic heterocycles. The van der Waals surface area contributed by atoms with Crippen molar-refractivity contribution in [1.82, 2.24) is 15.2 Å². The number of hydrogen-bond acceptors (Lipinski definition) is 5. The second-order valence-corrected chi connectivity index (χ2v) is 6.33. The van der Waals surface area contributed by atoms with E-state index in [1.807, 2.05) is 25.1 Å². The summed E-state index contributed by atoms with van der Waals surface area (Å²) < 4.78 is 0. The molecule has 8 heteroatoms. The number of aromatic nitrogens is 1. The zero-order chi connectivity index (χ0) is 14.5. The Morgan fingerprint density at radius 3 is 2.50 bits per heavy atom. The van der Waals surface area contributed by atoms with Crippen LogP contribution < -0.4 is 10.2 Å². The molecule has 0 radical (unpaired) electrons. The van der Waals surface area contributed by atoms with E-state index in [-0.39, 0.29) is 36.6 Å². The average molecular weight is 369 g/mol. The first-order chi connectivity index (χ1) is 9.65. The molecule has 1 fully saturated rings. The van der Waals surface area contributed by atoms with Gasteiger partial charge in [-0.1, -0.05) is 13.8 Å². The van der Waals surface area contributed by atoms with E-state index in [4.69, 9.17) is 0 Å². The first kappa shape index (κ1) is 21.4. The van der Waals surface area contributed by atoms with Crippen LogP contribution in [0.2, 0.25) is 0 Å². The third-order valence-corrected chi connectivity index (χ3v) is 4.89. The third-order valence-electron chi connectivity index (χ3n) is 3.68. The van der Waals surface area contributed by atoms with Gasteiger partial charge in [-0.05, 0) is 13.5 Å². The molecular formula is C14H26Cl2N4OS. The van der Waals surface area contributed by atoms with Gasteiger partial charge in [0.1, 0.15) is 0 Å². The number of amides is 1. The third kappa shape index (κ3) is 5.26. The van der Waals surface area contributed by atoms with Crippen LogP contribution in [0.5, 0.6) is 0 Å². The van der Waals surface area contributed by atoms with Gasteiger partial charge in [0.25, 0.3) is 0 Å². The van der Waals surface area contributed by atoms with Crippen molar-refractivity contribution in [3.8, 4) is 0 Å². The summed E-state index contributed by atoms with van der Waals surface area (Å²) in [7, 11) is 1.88. The second-order valence-electron chi connectivity index (χ2n) is 5.23. The Bertz CT molecular complexity index is 450. The fourth-order valence-corrected chi connectivity index (χ4v) is 3.33. The monoisotopic (exact) mass is 368 g/mol. The number of rotatable bonds is 5. The van der Waals surface area contributed by atoms with E-state index in [0.29, 0.717) is 0 Å². The summed E-state index contributed by atoms with van der Waals surface area (Å²) in [4.78, 5) is 22.3. The van der Waals surface area contributed by atoms with Crippen molar-refractivity contribution in [2.24, 2.45) is 5.92 Å². The molecule has 0 bridgehead atoms. The Hall–Kier alpha value is -0.560. The van der Waals surface area contributed by atoms with Crippen molar-refractivity contribution in [2.45, 2.75) is 20.3 Å². The van der Waals surface area contributed by atoms with Crippen LogP contribution in [0.1, 0.15) is 18.7 Å². The summed E-state index contributed by atoms with van der Waals surface area (Å²) in [5.74, 6) is 0.311. The normalized spacial score (nSPS) is 15.8. The van der Waals surface area contributed by atoms with E-state index in [2.05, 4.69) is 22.1 Å². The van der Waals surface area contributed by atoms with Crippen molar-refractivity contribution in [3.05, 3.63) is 11.1 Å². The van der Waals surface area contributed by atoms with E-state index in [0.717, 1.165) is 44.3 Å². The van der Waals surface area contributed by atoms with Gasteiger partial charge in [0, 0.05) is 49.7 Å². The number of halogens is 2. The molecular weight excluding hydrogens is 343 g/mol. The Labute approximate surface area is 149 Å². The Balaban J connectivity index is 0.00000220. The van der Waals surface area contributed by atoms with Crippen molar-refractivity contribution >= 4 is 47.2 Å². The van der Waals surface area contributed by atoms with E-state index < -0.39 is 0 Å². The number of hydrogen-bond donors (Lipinski definition) is 1. The van der Waals surface area contributed by atoms with Crippen LogP contribution in [0.25, 0.3) is 0 Å². The lowest BCUT2D eigenvalue weighted by molar-refractivity contribution is -0.135. The molecule has 1 amide bonds. The molecule has 1 unspecified atom stereocenters. The first-order valence-corrected chi connectivity index (χ1v) is 8.10. The molecule has 22 heavy (non-hydrogen) atoms. The molecule has 2 rings (SSSR count). The maximum atomic E-state index is 12.2. The molecule has 0 aromatic carbocycles. The number of carbonyl (C=O) groups excluding carboxylic acids is 1. The van der Waals surface area contributed by atoms with Gasteiger partial charge in [-0.15, -0.1) is 36.2 Å². The highest BCUT2D eigenvalue weighted by molar-refractivity contribution is 7.15. The quantitative estimate of drug-likeness (QED) is 0.863. The van der Waals surface area contributed by atoms with Crippen LogP contribution in [0.3, 0.4) is 0 Å². The van der Waals surface area contributed by atoms with Gasteiger partial charge in [-0.2, -0.15) is 0 Å². The van der Waals surface area contributed by atoms with Crippen molar-refractivity contribution < 1.29 is 4.79 Å². The molecule has 1 N–H and O–H groups in total.